The van der Waals surface area contributed by atoms with E-state index in [4.69, 9.17) is 9.47 Å². The number of nitrogens with one attached hydrogen (secondary N) is 1. The van der Waals surface area contributed by atoms with Gasteiger partial charge in [-0.25, -0.2) is 0 Å². The Bertz CT molecular complexity index is 366. The highest BCUT2D eigenvalue weighted by molar-refractivity contribution is 5.59. The zero-order valence-electron chi connectivity index (χ0n) is 9.60. The van der Waals surface area contributed by atoms with Crippen LogP contribution in [0.25, 0.3) is 0 Å². The van der Waals surface area contributed by atoms with E-state index in [9.17, 15) is 13.2 Å². The van der Waals surface area contributed by atoms with Crippen LogP contribution < -0.4 is 14.8 Å². The van der Waals surface area contributed by atoms with Crippen molar-refractivity contribution in [2.24, 2.45) is 0 Å². The molecule has 6 heteroatoms. The van der Waals surface area contributed by atoms with Crippen LogP contribution in [0.5, 0.6) is 11.5 Å². The fraction of sp³-hybridized carbons (Fsp3) is 0.455. The number of hydrogen-bond donors (Lipinski definition) is 1. The molecule has 0 aromatic heterocycles. The number of hydrogen-bond acceptors (Lipinski definition) is 3. The number of anilines is 1. The second-order valence-corrected chi connectivity index (χ2v) is 3.36. The normalized spacial score (nSPS) is 11.1. The van der Waals surface area contributed by atoms with E-state index in [0.717, 1.165) is 0 Å². The molecule has 3 nitrogen and oxygen atoms in total. The number of methoxy groups -OCH3 is 2. The Morgan fingerprint density at radius 1 is 1.18 bits per heavy atom. The van der Waals surface area contributed by atoms with E-state index >= 15 is 0 Å². The molecule has 1 N–H and O–H groups in total. The number of benzene rings is 1. The monoisotopic (exact) mass is 249 g/mol. The first kappa shape index (κ1) is 13.5. The third-order valence-electron chi connectivity index (χ3n) is 2.13. The Morgan fingerprint density at radius 2 is 1.88 bits per heavy atom. The summed E-state index contributed by atoms with van der Waals surface area (Å²) < 4.78 is 45.9. The Kier molecular flexibility index (Phi) is 4.48. The lowest BCUT2D eigenvalue weighted by molar-refractivity contribution is -0.131. The van der Waals surface area contributed by atoms with Gasteiger partial charge in [-0.15, -0.1) is 0 Å². The zero-order chi connectivity index (χ0) is 12.9. The molecule has 1 aromatic rings. The van der Waals surface area contributed by atoms with Crippen LogP contribution in [0.1, 0.15) is 6.42 Å². The lowest BCUT2D eigenvalue weighted by Gasteiger charge is -2.13. The van der Waals surface area contributed by atoms with E-state index in [1.165, 1.54) is 14.2 Å². The first-order valence-electron chi connectivity index (χ1n) is 4.99. The average Bonchev–Trinajstić information content (AvgIpc) is 2.27. The molecule has 0 aliphatic heterocycles. The van der Waals surface area contributed by atoms with Gasteiger partial charge in [0, 0.05) is 12.6 Å². The predicted molar refractivity (Wildman–Crippen MR) is 58.7 cm³/mol. The van der Waals surface area contributed by atoms with E-state index in [1.807, 2.05) is 0 Å². The molecule has 17 heavy (non-hydrogen) atoms. The standard InChI is InChI=1S/C11H14F3NO2/c1-16-8-3-4-9(10(7-8)17-2)15-6-5-11(12,13)14/h3-4,7,15H,5-6H2,1-2H3. The Hall–Kier alpha value is -1.59. The summed E-state index contributed by atoms with van der Waals surface area (Å²) in [6.07, 6.45) is -5.05. The molecule has 0 heterocycles. The molecule has 0 aliphatic rings. The minimum Gasteiger partial charge on any atom is -0.497 e. The lowest BCUT2D eigenvalue weighted by Crippen LogP contribution is -2.14. The lowest BCUT2D eigenvalue weighted by atomic mass is 10.2. The van der Waals surface area contributed by atoms with Crippen LogP contribution in [-0.4, -0.2) is 26.9 Å². The summed E-state index contributed by atoms with van der Waals surface area (Å²) in [5.41, 5.74) is 0.512. The van der Waals surface area contributed by atoms with Crippen molar-refractivity contribution in [1.29, 1.82) is 0 Å². The minimum atomic E-state index is -4.16. The largest absolute Gasteiger partial charge is 0.497 e. The van der Waals surface area contributed by atoms with E-state index in [-0.39, 0.29) is 6.54 Å². The van der Waals surface area contributed by atoms with Crippen molar-refractivity contribution in [2.75, 3.05) is 26.1 Å². The summed E-state index contributed by atoms with van der Waals surface area (Å²) in [7, 11) is 2.95. The van der Waals surface area contributed by atoms with Crippen molar-refractivity contribution in [3.05, 3.63) is 18.2 Å². The number of ether oxygens (including phenoxy) is 2. The van der Waals surface area contributed by atoms with Crippen LogP contribution in [-0.2, 0) is 0 Å². The molecule has 0 atom stereocenters. The van der Waals surface area contributed by atoms with Crippen molar-refractivity contribution >= 4 is 5.69 Å². The van der Waals surface area contributed by atoms with Gasteiger partial charge in [0.05, 0.1) is 26.3 Å². The second kappa shape index (κ2) is 5.65. The molecule has 0 amide bonds. The highest BCUT2D eigenvalue weighted by Gasteiger charge is 2.26. The van der Waals surface area contributed by atoms with Crippen molar-refractivity contribution in [2.45, 2.75) is 12.6 Å². The zero-order valence-corrected chi connectivity index (χ0v) is 9.60. The van der Waals surface area contributed by atoms with Gasteiger partial charge in [-0.1, -0.05) is 0 Å². The summed E-state index contributed by atoms with van der Waals surface area (Å²) in [5, 5.41) is 2.67. The molecule has 0 bridgehead atoms. The minimum absolute atomic E-state index is 0.188. The van der Waals surface area contributed by atoms with E-state index < -0.39 is 12.6 Å². The highest BCUT2D eigenvalue weighted by atomic mass is 19.4. The van der Waals surface area contributed by atoms with Gasteiger partial charge in [-0.3, -0.25) is 0 Å². The number of alkyl halides is 3. The maximum Gasteiger partial charge on any atom is 0.390 e. The molecule has 0 saturated heterocycles. The maximum absolute atomic E-state index is 12.0. The van der Waals surface area contributed by atoms with Crippen LogP contribution in [0.3, 0.4) is 0 Å². The quantitative estimate of drug-likeness (QED) is 0.869. The molecular weight excluding hydrogens is 235 g/mol. The third kappa shape index (κ3) is 4.42. The van der Waals surface area contributed by atoms with Crippen LogP contribution in [0.2, 0.25) is 0 Å². The van der Waals surface area contributed by atoms with Gasteiger partial charge in [0.2, 0.25) is 0 Å². The van der Waals surface area contributed by atoms with E-state index in [2.05, 4.69) is 5.32 Å². The predicted octanol–water partition coefficient (Wildman–Crippen LogP) is 3.07. The van der Waals surface area contributed by atoms with Crippen LogP contribution >= 0.6 is 0 Å². The fourth-order valence-corrected chi connectivity index (χ4v) is 1.28. The van der Waals surface area contributed by atoms with E-state index in [0.29, 0.717) is 17.2 Å². The Morgan fingerprint density at radius 3 is 2.41 bits per heavy atom. The SMILES string of the molecule is COc1ccc(NCCC(F)(F)F)c(OC)c1. The molecule has 0 saturated carbocycles. The van der Waals surface area contributed by atoms with Crippen LogP contribution in [0.15, 0.2) is 18.2 Å². The van der Waals surface area contributed by atoms with E-state index in [1.54, 1.807) is 18.2 Å². The summed E-state index contributed by atoms with van der Waals surface area (Å²) in [6.45, 7) is -0.188. The second-order valence-electron chi connectivity index (χ2n) is 3.36. The van der Waals surface area contributed by atoms with Gasteiger partial charge in [0.1, 0.15) is 11.5 Å². The molecular formula is C11H14F3NO2. The van der Waals surface area contributed by atoms with Gasteiger partial charge in [0.25, 0.3) is 0 Å². The molecule has 96 valence electrons. The molecule has 1 aromatic carbocycles. The molecule has 0 spiro atoms. The first-order valence-corrected chi connectivity index (χ1v) is 4.99. The summed E-state index contributed by atoms with van der Waals surface area (Å²) in [5.74, 6) is 1.04. The van der Waals surface area contributed by atoms with Crippen molar-refractivity contribution in [1.82, 2.24) is 0 Å². The summed E-state index contributed by atoms with van der Waals surface area (Å²) in [6, 6.07) is 4.88. The van der Waals surface area contributed by atoms with Crippen molar-refractivity contribution < 1.29 is 22.6 Å². The Labute approximate surface area is 97.5 Å². The van der Waals surface area contributed by atoms with Gasteiger partial charge in [-0.2, -0.15) is 13.2 Å². The highest BCUT2D eigenvalue weighted by Crippen LogP contribution is 2.29. The third-order valence-corrected chi connectivity index (χ3v) is 2.13. The fourth-order valence-electron chi connectivity index (χ4n) is 1.28. The van der Waals surface area contributed by atoms with Gasteiger partial charge in [0.15, 0.2) is 0 Å². The smallest absolute Gasteiger partial charge is 0.390 e. The topological polar surface area (TPSA) is 30.5 Å². The summed E-state index contributed by atoms with van der Waals surface area (Å²) >= 11 is 0. The van der Waals surface area contributed by atoms with Gasteiger partial charge >= 0.3 is 6.18 Å². The van der Waals surface area contributed by atoms with Crippen molar-refractivity contribution in [3.8, 4) is 11.5 Å². The Balaban J connectivity index is 2.64. The average molecular weight is 249 g/mol. The summed E-state index contributed by atoms with van der Waals surface area (Å²) in [4.78, 5) is 0. The van der Waals surface area contributed by atoms with Crippen LogP contribution in [0, 0.1) is 0 Å². The maximum atomic E-state index is 12.0. The molecule has 0 radical (unpaired) electrons. The number of rotatable bonds is 5. The molecule has 0 aliphatic carbocycles. The first-order chi connectivity index (χ1) is 7.96. The van der Waals surface area contributed by atoms with Gasteiger partial charge < -0.3 is 14.8 Å². The number of halogens is 3. The molecule has 1 rings (SSSR count). The van der Waals surface area contributed by atoms with Gasteiger partial charge in [-0.05, 0) is 12.1 Å². The van der Waals surface area contributed by atoms with Crippen LogP contribution in [0.4, 0.5) is 18.9 Å². The molecule has 0 unspecified atom stereocenters. The molecule has 0 fully saturated rings. The van der Waals surface area contributed by atoms with Crippen molar-refractivity contribution in [3.63, 3.8) is 0 Å².